The Labute approximate surface area is 218 Å². The summed E-state index contributed by atoms with van der Waals surface area (Å²) in [6.07, 6.45) is 4.06. The van der Waals surface area contributed by atoms with E-state index in [4.69, 9.17) is 9.15 Å². The number of anilines is 2. The van der Waals surface area contributed by atoms with E-state index in [2.05, 4.69) is 39.7 Å². The number of urea groups is 1. The van der Waals surface area contributed by atoms with Gasteiger partial charge in [-0.15, -0.1) is 0 Å². The van der Waals surface area contributed by atoms with E-state index in [1.807, 2.05) is 50.2 Å². The number of hydrogen-bond acceptors (Lipinski definition) is 6. The first-order valence-electron chi connectivity index (χ1n) is 12.7. The molecule has 0 aliphatic rings. The molecule has 0 radical (unpaired) electrons. The fourth-order valence-corrected chi connectivity index (χ4v) is 4.00. The van der Waals surface area contributed by atoms with E-state index in [0.29, 0.717) is 23.7 Å². The molecule has 198 valence electrons. The third kappa shape index (κ3) is 8.64. The highest BCUT2D eigenvalue weighted by molar-refractivity contribution is 6.00. The zero-order chi connectivity index (χ0) is 26.6. The molecule has 0 spiro atoms. The number of ether oxygens (including phenoxy) is 1. The molecule has 0 aliphatic heterocycles. The Balaban J connectivity index is 1.48. The molecular formula is C28H37N5O4. The summed E-state index contributed by atoms with van der Waals surface area (Å²) in [5.41, 5.74) is 3.98. The standard InChI is InChI=1S/C28H37N5O4/c1-5-24(13-14-33(6-2)7-3)37-28(35)30-17-21-9-8-10-22(16-21)31-27(34)32-23-11-12-25(20(4)15-23)26-18-29-19-36-26/h8-12,15-16,18-19,24H,5-7,13-14,17H2,1-4H3,(H,30,35)(H2,31,32,34)/t24-/m0/s1. The van der Waals surface area contributed by atoms with Crippen LogP contribution in [0.2, 0.25) is 0 Å². The van der Waals surface area contributed by atoms with Crippen LogP contribution in [0.5, 0.6) is 0 Å². The third-order valence-corrected chi connectivity index (χ3v) is 6.19. The molecule has 1 atom stereocenters. The van der Waals surface area contributed by atoms with Gasteiger partial charge < -0.3 is 30.0 Å². The summed E-state index contributed by atoms with van der Waals surface area (Å²) in [5.74, 6) is 0.674. The highest BCUT2D eigenvalue weighted by atomic mass is 16.6. The summed E-state index contributed by atoms with van der Waals surface area (Å²) in [7, 11) is 0. The average Bonchev–Trinajstić information content (AvgIpc) is 3.42. The second-order valence-corrected chi connectivity index (χ2v) is 8.78. The molecule has 3 aromatic rings. The molecular weight excluding hydrogens is 470 g/mol. The van der Waals surface area contributed by atoms with Crippen LogP contribution in [-0.2, 0) is 11.3 Å². The van der Waals surface area contributed by atoms with Crippen molar-refractivity contribution in [3.05, 3.63) is 66.2 Å². The molecule has 0 unspecified atom stereocenters. The van der Waals surface area contributed by atoms with Crippen LogP contribution >= 0.6 is 0 Å². The number of nitrogens with zero attached hydrogens (tertiary/aromatic N) is 2. The number of oxazole rings is 1. The number of hydrogen-bond donors (Lipinski definition) is 3. The van der Waals surface area contributed by atoms with Gasteiger partial charge in [-0.2, -0.15) is 0 Å². The van der Waals surface area contributed by atoms with Gasteiger partial charge in [0.15, 0.2) is 12.2 Å². The first-order valence-corrected chi connectivity index (χ1v) is 12.7. The monoisotopic (exact) mass is 507 g/mol. The van der Waals surface area contributed by atoms with Crippen molar-refractivity contribution in [2.75, 3.05) is 30.3 Å². The number of amides is 3. The Bertz CT molecular complexity index is 1150. The number of aryl methyl sites for hydroxylation is 1. The van der Waals surface area contributed by atoms with Gasteiger partial charge in [0.25, 0.3) is 0 Å². The fourth-order valence-electron chi connectivity index (χ4n) is 4.00. The maximum atomic E-state index is 12.5. The maximum absolute atomic E-state index is 12.5. The van der Waals surface area contributed by atoms with Gasteiger partial charge in [-0.05, 0) is 74.3 Å². The zero-order valence-corrected chi connectivity index (χ0v) is 22.0. The number of aromatic nitrogens is 1. The van der Waals surface area contributed by atoms with E-state index in [9.17, 15) is 9.59 Å². The number of carbonyl (C=O) groups is 2. The van der Waals surface area contributed by atoms with Crippen molar-refractivity contribution in [2.45, 2.75) is 53.2 Å². The van der Waals surface area contributed by atoms with Gasteiger partial charge in [0.05, 0.1) is 6.20 Å². The summed E-state index contributed by atoms with van der Waals surface area (Å²) in [4.78, 5) is 31.1. The summed E-state index contributed by atoms with van der Waals surface area (Å²) in [5, 5.41) is 8.48. The Morgan fingerprint density at radius 1 is 1.05 bits per heavy atom. The first kappa shape index (κ1) is 27.7. The third-order valence-electron chi connectivity index (χ3n) is 6.19. The topological polar surface area (TPSA) is 109 Å². The van der Waals surface area contributed by atoms with Crippen LogP contribution in [0.25, 0.3) is 11.3 Å². The van der Waals surface area contributed by atoms with Crippen LogP contribution < -0.4 is 16.0 Å². The highest BCUT2D eigenvalue weighted by Crippen LogP contribution is 2.25. The fraction of sp³-hybridized carbons (Fsp3) is 0.393. The second kappa shape index (κ2) is 14.0. The highest BCUT2D eigenvalue weighted by Gasteiger charge is 2.14. The summed E-state index contributed by atoms with van der Waals surface area (Å²) < 4.78 is 10.9. The lowest BCUT2D eigenvalue weighted by Crippen LogP contribution is -2.32. The molecule has 1 aromatic heterocycles. The molecule has 9 nitrogen and oxygen atoms in total. The molecule has 2 aromatic carbocycles. The van der Waals surface area contributed by atoms with E-state index in [1.165, 1.54) is 6.39 Å². The SMILES string of the molecule is CC[C@@H](CCN(CC)CC)OC(=O)NCc1cccc(NC(=O)Nc2ccc(-c3cnco3)c(C)c2)c1. The number of benzene rings is 2. The van der Waals surface area contributed by atoms with Gasteiger partial charge >= 0.3 is 12.1 Å². The van der Waals surface area contributed by atoms with E-state index < -0.39 is 6.09 Å². The molecule has 9 heteroatoms. The quantitative estimate of drug-likeness (QED) is 0.276. The van der Waals surface area contributed by atoms with Crippen LogP contribution in [0.3, 0.4) is 0 Å². The zero-order valence-electron chi connectivity index (χ0n) is 22.0. The van der Waals surface area contributed by atoms with Gasteiger partial charge in [0.2, 0.25) is 0 Å². The second-order valence-electron chi connectivity index (χ2n) is 8.78. The normalized spacial score (nSPS) is 11.7. The number of nitrogens with one attached hydrogen (secondary N) is 3. The van der Waals surface area contributed by atoms with Crippen LogP contribution in [0, 0.1) is 6.92 Å². The smallest absolute Gasteiger partial charge is 0.407 e. The lowest BCUT2D eigenvalue weighted by molar-refractivity contribution is 0.0825. The van der Waals surface area contributed by atoms with Crippen LogP contribution in [0.4, 0.5) is 21.0 Å². The Morgan fingerprint density at radius 2 is 1.81 bits per heavy atom. The first-order chi connectivity index (χ1) is 17.9. The van der Waals surface area contributed by atoms with Crippen molar-refractivity contribution in [1.29, 1.82) is 0 Å². The average molecular weight is 508 g/mol. The van der Waals surface area contributed by atoms with Gasteiger partial charge in [-0.3, -0.25) is 0 Å². The summed E-state index contributed by atoms with van der Waals surface area (Å²) in [6.45, 7) is 11.4. The minimum absolute atomic E-state index is 0.120. The van der Waals surface area contributed by atoms with E-state index in [-0.39, 0.29) is 12.1 Å². The molecule has 0 fully saturated rings. The molecule has 0 bridgehead atoms. The molecule has 3 N–H and O–H groups in total. The molecule has 3 amide bonds. The van der Waals surface area contributed by atoms with Crippen molar-refractivity contribution in [3.8, 4) is 11.3 Å². The predicted molar refractivity (Wildman–Crippen MR) is 146 cm³/mol. The minimum atomic E-state index is -0.438. The Hall–Kier alpha value is -3.85. The molecule has 37 heavy (non-hydrogen) atoms. The molecule has 0 saturated heterocycles. The predicted octanol–water partition coefficient (Wildman–Crippen LogP) is 6.03. The van der Waals surface area contributed by atoms with Gasteiger partial charge in [-0.1, -0.05) is 32.9 Å². The van der Waals surface area contributed by atoms with Crippen molar-refractivity contribution in [2.24, 2.45) is 0 Å². The van der Waals surface area contributed by atoms with Crippen molar-refractivity contribution < 1.29 is 18.7 Å². The maximum Gasteiger partial charge on any atom is 0.407 e. The number of carbonyl (C=O) groups excluding carboxylic acids is 2. The van der Waals surface area contributed by atoms with Crippen molar-refractivity contribution in [3.63, 3.8) is 0 Å². The number of alkyl carbamates (subject to hydrolysis) is 1. The Kier molecular flexibility index (Phi) is 10.5. The number of rotatable bonds is 12. The summed E-state index contributed by atoms with van der Waals surface area (Å²) in [6, 6.07) is 12.5. The molecule has 0 aliphatic carbocycles. The molecule has 0 saturated carbocycles. The van der Waals surface area contributed by atoms with Crippen LogP contribution in [0.15, 0.2) is 59.5 Å². The van der Waals surface area contributed by atoms with Gasteiger partial charge in [0, 0.05) is 30.0 Å². The lowest BCUT2D eigenvalue weighted by atomic mass is 10.1. The van der Waals surface area contributed by atoms with Crippen molar-refractivity contribution in [1.82, 2.24) is 15.2 Å². The minimum Gasteiger partial charge on any atom is -0.446 e. The van der Waals surface area contributed by atoms with E-state index >= 15 is 0 Å². The van der Waals surface area contributed by atoms with Crippen LogP contribution in [-0.4, -0.2) is 47.7 Å². The summed E-state index contributed by atoms with van der Waals surface area (Å²) >= 11 is 0. The van der Waals surface area contributed by atoms with E-state index in [0.717, 1.165) is 49.2 Å². The van der Waals surface area contributed by atoms with Crippen molar-refractivity contribution >= 4 is 23.5 Å². The van der Waals surface area contributed by atoms with Gasteiger partial charge in [0.1, 0.15) is 6.10 Å². The molecule has 1 heterocycles. The molecule has 3 rings (SSSR count). The van der Waals surface area contributed by atoms with Gasteiger partial charge in [-0.25, -0.2) is 14.6 Å². The van der Waals surface area contributed by atoms with E-state index in [1.54, 1.807) is 12.3 Å². The lowest BCUT2D eigenvalue weighted by Gasteiger charge is -2.22. The van der Waals surface area contributed by atoms with Crippen LogP contribution in [0.1, 0.15) is 44.7 Å². The Morgan fingerprint density at radius 3 is 2.46 bits per heavy atom. The largest absolute Gasteiger partial charge is 0.446 e.